The lowest BCUT2D eigenvalue weighted by molar-refractivity contribution is 0.283. The molecule has 26 heavy (non-hydrogen) atoms. The van der Waals surface area contributed by atoms with Gasteiger partial charge in [0.25, 0.3) is 0 Å². The molecule has 0 aliphatic heterocycles. The van der Waals surface area contributed by atoms with E-state index in [2.05, 4.69) is 30.5 Å². The molecule has 10 nitrogen and oxygen atoms in total. The van der Waals surface area contributed by atoms with Crippen LogP contribution in [0.25, 0.3) is 27.9 Å². The molecule has 10 heteroatoms. The first-order valence-electron chi connectivity index (χ1n) is 7.82. The van der Waals surface area contributed by atoms with Crippen LogP contribution in [0.1, 0.15) is 5.82 Å². The average molecular weight is 348 g/mol. The number of aromatic nitrogens is 8. The zero-order valence-corrected chi connectivity index (χ0v) is 13.6. The van der Waals surface area contributed by atoms with Gasteiger partial charge < -0.3 is 9.26 Å². The lowest BCUT2D eigenvalue weighted by Crippen LogP contribution is -2.04. The highest BCUT2D eigenvalue weighted by Crippen LogP contribution is 2.28. The van der Waals surface area contributed by atoms with E-state index in [0.717, 1.165) is 10.8 Å². The maximum atomic E-state index is 5.90. The van der Waals surface area contributed by atoms with Gasteiger partial charge in [0.1, 0.15) is 12.6 Å². The number of aryl methyl sites for hydroxylation is 1. The molecule has 0 N–H and O–H groups in total. The number of nitrogens with zero attached hydrogens (tertiary/aromatic N) is 8. The van der Waals surface area contributed by atoms with Crippen LogP contribution in [0.4, 0.5) is 0 Å². The molecule has 0 fully saturated rings. The number of rotatable bonds is 4. The van der Waals surface area contributed by atoms with E-state index in [4.69, 9.17) is 9.26 Å². The van der Waals surface area contributed by atoms with Crippen molar-refractivity contribution in [2.24, 2.45) is 7.05 Å². The first-order chi connectivity index (χ1) is 12.8. The summed E-state index contributed by atoms with van der Waals surface area (Å²) in [6, 6.07) is 9.41. The number of ether oxygens (including phenoxy) is 1. The molecule has 5 rings (SSSR count). The van der Waals surface area contributed by atoms with Crippen LogP contribution in [0, 0.1) is 0 Å². The fourth-order valence-corrected chi connectivity index (χ4v) is 2.73. The maximum Gasteiger partial charge on any atom is 0.240 e. The van der Waals surface area contributed by atoms with Gasteiger partial charge in [0.05, 0.1) is 0 Å². The predicted octanol–water partition coefficient (Wildman–Crippen LogP) is 1.64. The van der Waals surface area contributed by atoms with E-state index in [-0.39, 0.29) is 6.61 Å². The normalized spacial score (nSPS) is 11.4. The molecule has 1 aromatic carbocycles. The second kappa shape index (κ2) is 5.62. The zero-order chi connectivity index (χ0) is 17.5. The van der Waals surface area contributed by atoms with Crippen LogP contribution >= 0.6 is 0 Å². The Labute approximate surface area is 146 Å². The zero-order valence-electron chi connectivity index (χ0n) is 13.6. The Hall–Kier alpha value is -3.82. The lowest BCUT2D eigenvalue weighted by Gasteiger charge is -2.08. The van der Waals surface area contributed by atoms with Gasteiger partial charge in [-0.25, -0.2) is 4.98 Å². The maximum absolute atomic E-state index is 5.90. The first-order valence-corrected chi connectivity index (χ1v) is 7.82. The second-order valence-electron chi connectivity index (χ2n) is 5.62. The molecule has 0 unspecified atom stereocenters. The molecule has 4 aromatic heterocycles. The van der Waals surface area contributed by atoms with Crippen molar-refractivity contribution in [1.29, 1.82) is 0 Å². The van der Waals surface area contributed by atoms with Gasteiger partial charge in [-0.05, 0) is 6.07 Å². The van der Waals surface area contributed by atoms with Crippen molar-refractivity contribution in [1.82, 2.24) is 39.7 Å². The lowest BCUT2D eigenvalue weighted by atomic mass is 10.2. The minimum absolute atomic E-state index is 0.199. The van der Waals surface area contributed by atoms with Crippen molar-refractivity contribution in [3.63, 3.8) is 0 Å². The molecule has 0 aliphatic rings. The van der Waals surface area contributed by atoms with Crippen LogP contribution in [0.2, 0.25) is 0 Å². The minimum atomic E-state index is 0.199. The molecule has 0 amide bonds. The Morgan fingerprint density at radius 3 is 2.73 bits per heavy atom. The van der Waals surface area contributed by atoms with Gasteiger partial charge in [0.2, 0.25) is 11.7 Å². The molecular formula is C16H12N8O2. The second-order valence-corrected chi connectivity index (χ2v) is 5.62. The molecule has 0 atom stereocenters. The van der Waals surface area contributed by atoms with Gasteiger partial charge in [-0.1, -0.05) is 23.4 Å². The Morgan fingerprint density at radius 2 is 1.96 bits per heavy atom. The summed E-state index contributed by atoms with van der Waals surface area (Å²) >= 11 is 0. The third-order valence-electron chi connectivity index (χ3n) is 3.88. The van der Waals surface area contributed by atoms with Crippen molar-refractivity contribution < 1.29 is 9.26 Å². The summed E-state index contributed by atoms with van der Waals surface area (Å²) in [5, 5.41) is 22.8. The Balaban J connectivity index is 1.66. The van der Waals surface area contributed by atoms with E-state index in [1.807, 2.05) is 24.3 Å². The number of fused-ring (bicyclic) bond motifs is 3. The summed E-state index contributed by atoms with van der Waals surface area (Å²) in [5.74, 6) is 1.48. The van der Waals surface area contributed by atoms with E-state index in [9.17, 15) is 0 Å². The van der Waals surface area contributed by atoms with Crippen LogP contribution in [-0.4, -0.2) is 39.7 Å². The predicted molar refractivity (Wildman–Crippen MR) is 89.1 cm³/mol. The van der Waals surface area contributed by atoms with Gasteiger partial charge in [-0.2, -0.15) is 9.61 Å². The summed E-state index contributed by atoms with van der Waals surface area (Å²) < 4.78 is 14.0. The Bertz CT molecular complexity index is 1210. The Morgan fingerprint density at radius 1 is 1.08 bits per heavy atom. The highest BCUT2D eigenvalue weighted by Gasteiger charge is 2.17. The molecule has 0 spiro atoms. The molecule has 0 saturated carbocycles. The number of hydrogen-bond donors (Lipinski definition) is 0. The van der Waals surface area contributed by atoms with Crippen LogP contribution in [0.3, 0.4) is 0 Å². The standard InChI is InChI=1S/C16H12N8O2/c1-23-9-17-13(20-23)8-25-16-11-5-3-2-4-10(11)14-18-19-15(24(14)21-16)12-6-7-26-22-12/h2-7,9H,8H2,1H3. The van der Waals surface area contributed by atoms with Crippen molar-refractivity contribution in [3.05, 3.63) is 48.7 Å². The average Bonchev–Trinajstić information content (AvgIpc) is 3.40. The summed E-state index contributed by atoms with van der Waals surface area (Å²) in [5.41, 5.74) is 1.15. The Kier molecular flexibility index (Phi) is 3.14. The van der Waals surface area contributed by atoms with Gasteiger partial charge in [-0.15, -0.1) is 15.3 Å². The van der Waals surface area contributed by atoms with E-state index >= 15 is 0 Å². The molecule has 4 heterocycles. The fourth-order valence-electron chi connectivity index (χ4n) is 2.73. The topological polar surface area (TPSA) is 109 Å². The third kappa shape index (κ3) is 2.27. The van der Waals surface area contributed by atoms with Crippen LogP contribution in [-0.2, 0) is 13.7 Å². The number of hydrogen-bond acceptors (Lipinski definition) is 8. The summed E-state index contributed by atoms with van der Waals surface area (Å²) in [7, 11) is 1.80. The highest BCUT2D eigenvalue weighted by molar-refractivity contribution is 5.96. The van der Waals surface area contributed by atoms with E-state index in [0.29, 0.717) is 28.9 Å². The minimum Gasteiger partial charge on any atom is -0.468 e. The van der Waals surface area contributed by atoms with Crippen molar-refractivity contribution in [2.45, 2.75) is 6.61 Å². The van der Waals surface area contributed by atoms with Gasteiger partial charge in [-0.3, -0.25) is 4.68 Å². The molecule has 0 bridgehead atoms. The fraction of sp³-hybridized carbons (Fsp3) is 0.125. The van der Waals surface area contributed by atoms with Crippen molar-refractivity contribution in [3.8, 4) is 17.4 Å². The van der Waals surface area contributed by atoms with E-state index < -0.39 is 0 Å². The van der Waals surface area contributed by atoms with Gasteiger partial charge >= 0.3 is 0 Å². The van der Waals surface area contributed by atoms with E-state index in [1.165, 1.54) is 6.26 Å². The van der Waals surface area contributed by atoms with Gasteiger partial charge in [0.15, 0.2) is 23.8 Å². The van der Waals surface area contributed by atoms with Crippen LogP contribution in [0.15, 0.2) is 47.4 Å². The number of benzene rings is 1. The quantitative estimate of drug-likeness (QED) is 0.482. The molecule has 128 valence electrons. The largest absolute Gasteiger partial charge is 0.468 e. The summed E-state index contributed by atoms with van der Waals surface area (Å²) in [6.45, 7) is 0.199. The summed E-state index contributed by atoms with van der Waals surface area (Å²) in [4.78, 5) is 4.17. The first kappa shape index (κ1) is 14.5. The molecular weight excluding hydrogens is 336 g/mol. The highest BCUT2D eigenvalue weighted by atomic mass is 16.5. The van der Waals surface area contributed by atoms with Gasteiger partial charge in [0, 0.05) is 23.9 Å². The van der Waals surface area contributed by atoms with Crippen molar-refractivity contribution >= 4 is 16.4 Å². The van der Waals surface area contributed by atoms with Crippen LogP contribution in [0.5, 0.6) is 5.88 Å². The van der Waals surface area contributed by atoms with Crippen LogP contribution < -0.4 is 4.74 Å². The molecule has 0 aliphatic carbocycles. The monoisotopic (exact) mass is 348 g/mol. The SMILES string of the molecule is Cn1cnc(COc2nn3c(-c4ccon4)nnc3c3ccccc23)n1. The van der Waals surface area contributed by atoms with E-state index in [1.54, 1.807) is 28.6 Å². The molecule has 5 aromatic rings. The molecule has 0 radical (unpaired) electrons. The smallest absolute Gasteiger partial charge is 0.240 e. The molecule has 0 saturated heterocycles. The van der Waals surface area contributed by atoms with Crippen molar-refractivity contribution in [2.75, 3.05) is 0 Å². The summed E-state index contributed by atoms with van der Waals surface area (Å²) in [6.07, 6.45) is 3.09. The third-order valence-corrected chi connectivity index (χ3v) is 3.88.